The van der Waals surface area contributed by atoms with Gasteiger partial charge in [-0.3, -0.25) is 19.8 Å². The van der Waals surface area contributed by atoms with Gasteiger partial charge in [-0.1, -0.05) is 0 Å². The van der Waals surface area contributed by atoms with Crippen LogP contribution in [0.15, 0.2) is 21.7 Å². The molecule has 2 fully saturated rings. The number of carbonyl (C=O) groups excluding carboxylic acids is 2. The Kier molecular flexibility index (Phi) is 6.94. The topological polar surface area (TPSA) is 185 Å². The average Bonchev–Trinajstić information content (AvgIpc) is 3.21. The number of hydrogen-bond donors (Lipinski definition) is 1. The van der Waals surface area contributed by atoms with Gasteiger partial charge in [-0.05, 0) is 6.07 Å². The lowest BCUT2D eigenvalue weighted by Gasteiger charge is -2.29. The van der Waals surface area contributed by atoms with E-state index in [1.807, 2.05) is 4.90 Å². The lowest BCUT2D eigenvalue weighted by Crippen LogP contribution is -2.46. The molecule has 0 bridgehead atoms. The molecule has 0 aromatic carbocycles. The summed E-state index contributed by atoms with van der Waals surface area (Å²) >= 11 is 0. The molecule has 0 radical (unpaired) electrons. The van der Waals surface area contributed by atoms with Crippen molar-refractivity contribution in [2.45, 2.75) is 0 Å². The molecule has 0 saturated carbocycles. The van der Waals surface area contributed by atoms with Crippen LogP contribution in [0.3, 0.4) is 0 Å². The first-order chi connectivity index (χ1) is 13.3. The highest BCUT2D eigenvalue weighted by atomic mass is 16.9. The zero-order valence-electron chi connectivity index (χ0n) is 14.4. The number of carbonyl (C=O) groups is 2. The second kappa shape index (κ2) is 9.38. The van der Waals surface area contributed by atoms with Crippen molar-refractivity contribution < 1.29 is 34.0 Å². The maximum Gasteiger partial charge on any atom is 0.433 e. The zero-order valence-corrected chi connectivity index (χ0v) is 14.4. The molecule has 1 aromatic heterocycles. The van der Waals surface area contributed by atoms with Crippen molar-refractivity contribution in [3.8, 4) is 0 Å². The SMILES string of the molecule is O=C1CN(/N=C/c2ccc([N+](=O)[O-])o2)C(=O)N1CN1CCOCC1.O=[N+]([O-])O. The van der Waals surface area contributed by atoms with Crippen LogP contribution in [0.1, 0.15) is 5.76 Å². The highest BCUT2D eigenvalue weighted by molar-refractivity contribution is 6.02. The van der Waals surface area contributed by atoms with Gasteiger partial charge in [-0.15, -0.1) is 10.1 Å². The third kappa shape index (κ3) is 5.71. The molecule has 152 valence electrons. The molecule has 3 amide bonds. The van der Waals surface area contributed by atoms with E-state index in [1.165, 1.54) is 12.1 Å². The first-order valence-electron chi connectivity index (χ1n) is 7.81. The second-order valence-electron chi connectivity index (χ2n) is 5.45. The fraction of sp³-hybridized carbons (Fsp3) is 0.462. The quantitative estimate of drug-likeness (QED) is 0.298. The number of hydrogen-bond acceptors (Lipinski definition) is 10. The number of urea groups is 1. The predicted octanol–water partition coefficient (Wildman–Crippen LogP) is -0.272. The lowest BCUT2D eigenvalue weighted by molar-refractivity contribution is -0.742. The number of nitro groups is 1. The Morgan fingerprint density at radius 2 is 1.86 bits per heavy atom. The number of furan rings is 1. The summed E-state index contributed by atoms with van der Waals surface area (Å²) in [6.07, 6.45) is 1.16. The largest absolute Gasteiger partial charge is 0.433 e. The Bertz CT molecular complexity index is 768. The molecule has 1 N–H and O–H groups in total. The molecule has 3 rings (SSSR count). The molecule has 15 nitrogen and oxygen atoms in total. The number of nitrogens with zero attached hydrogens (tertiary/aromatic N) is 6. The van der Waals surface area contributed by atoms with Gasteiger partial charge in [0.2, 0.25) is 0 Å². The Morgan fingerprint density at radius 3 is 2.43 bits per heavy atom. The van der Waals surface area contributed by atoms with Crippen LogP contribution in [0, 0.1) is 20.2 Å². The first kappa shape index (κ1) is 20.7. The first-order valence-corrected chi connectivity index (χ1v) is 7.81. The molecule has 0 atom stereocenters. The summed E-state index contributed by atoms with van der Waals surface area (Å²) in [7, 11) is 0. The molecule has 3 heterocycles. The van der Waals surface area contributed by atoms with Gasteiger partial charge < -0.3 is 14.4 Å². The summed E-state index contributed by atoms with van der Waals surface area (Å²) in [5.74, 6) is -0.656. The van der Waals surface area contributed by atoms with E-state index >= 15 is 0 Å². The lowest BCUT2D eigenvalue weighted by atomic mass is 10.4. The van der Waals surface area contributed by atoms with Crippen LogP contribution in [0.2, 0.25) is 0 Å². The van der Waals surface area contributed by atoms with E-state index in [0.717, 1.165) is 16.1 Å². The van der Waals surface area contributed by atoms with Crippen molar-refractivity contribution >= 4 is 24.0 Å². The second-order valence-corrected chi connectivity index (χ2v) is 5.45. The van der Waals surface area contributed by atoms with Gasteiger partial charge in [0.1, 0.15) is 11.5 Å². The molecule has 0 unspecified atom stereocenters. The number of ether oxygens (including phenoxy) is 1. The van der Waals surface area contributed by atoms with Crippen molar-refractivity contribution in [1.29, 1.82) is 0 Å². The zero-order chi connectivity index (χ0) is 20.7. The van der Waals surface area contributed by atoms with Crippen molar-refractivity contribution in [2.24, 2.45) is 5.10 Å². The summed E-state index contributed by atoms with van der Waals surface area (Å²) in [6, 6.07) is 2.00. The minimum absolute atomic E-state index is 0.119. The Hall–Kier alpha value is -3.59. The summed E-state index contributed by atoms with van der Waals surface area (Å²) in [6.45, 7) is 2.44. The highest BCUT2D eigenvalue weighted by Gasteiger charge is 2.37. The number of rotatable bonds is 5. The molecule has 1 aromatic rings. The standard InChI is InChI=1S/C13H15N5O6.HNO3/c19-11-8-17(14-7-10-1-2-12(24-10)18(21)22)13(20)16(11)9-15-3-5-23-6-4-15;2-1(3)4/h1-2,7H,3-6,8-9H2;(H,2,3,4)/b14-7+;. The van der Waals surface area contributed by atoms with Gasteiger partial charge in [0.05, 0.1) is 32.2 Å². The maximum atomic E-state index is 12.2. The van der Waals surface area contributed by atoms with Crippen LogP contribution >= 0.6 is 0 Å². The summed E-state index contributed by atoms with van der Waals surface area (Å²) in [5.41, 5.74) is 0. The number of morpholine rings is 1. The molecular weight excluding hydrogens is 384 g/mol. The van der Waals surface area contributed by atoms with E-state index in [-0.39, 0.29) is 24.9 Å². The van der Waals surface area contributed by atoms with Crippen molar-refractivity contribution in [1.82, 2.24) is 14.8 Å². The fourth-order valence-electron chi connectivity index (χ4n) is 2.34. The Balaban J connectivity index is 0.000000640. The van der Waals surface area contributed by atoms with Crippen LogP contribution in [0.25, 0.3) is 0 Å². The average molecular weight is 400 g/mol. The van der Waals surface area contributed by atoms with Crippen LogP contribution in [0.5, 0.6) is 0 Å². The van der Waals surface area contributed by atoms with Gasteiger partial charge in [0.25, 0.3) is 11.0 Å². The van der Waals surface area contributed by atoms with E-state index in [9.17, 15) is 19.7 Å². The summed E-state index contributed by atoms with van der Waals surface area (Å²) in [4.78, 5) is 45.5. The van der Waals surface area contributed by atoms with Crippen LogP contribution in [-0.2, 0) is 9.53 Å². The molecule has 2 saturated heterocycles. The highest BCUT2D eigenvalue weighted by Crippen LogP contribution is 2.16. The van der Waals surface area contributed by atoms with E-state index in [1.54, 1.807) is 0 Å². The number of imide groups is 1. The molecule has 2 aliphatic heterocycles. The van der Waals surface area contributed by atoms with Crippen LogP contribution < -0.4 is 0 Å². The molecule has 0 spiro atoms. The molecule has 0 aliphatic carbocycles. The van der Waals surface area contributed by atoms with Crippen molar-refractivity contribution in [3.05, 3.63) is 38.1 Å². The van der Waals surface area contributed by atoms with Crippen molar-refractivity contribution in [2.75, 3.05) is 39.5 Å². The van der Waals surface area contributed by atoms with E-state index in [0.29, 0.717) is 26.3 Å². The van der Waals surface area contributed by atoms with Gasteiger partial charge in [0.15, 0.2) is 5.76 Å². The van der Waals surface area contributed by atoms with E-state index in [2.05, 4.69) is 5.10 Å². The third-order valence-corrected chi connectivity index (χ3v) is 3.60. The van der Waals surface area contributed by atoms with Crippen molar-refractivity contribution in [3.63, 3.8) is 0 Å². The summed E-state index contributed by atoms with van der Waals surface area (Å²) < 4.78 is 10.1. The molecular formula is C13H16N6O9. The van der Waals surface area contributed by atoms with Gasteiger partial charge in [-0.2, -0.15) is 5.10 Å². The Morgan fingerprint density at radius 1 is 1.21 bits per heavy atom. The van der Waals surface area contributed by atoms with E-state index < -0.39 is 21.9 Å². The number of amides is 3. The minimum atomic E-state index is -1.50. The smallest absolute Gasteiger partial charge is 0.400 e. The maximum absolute atomic E-state index is 12.2. The normalized spacial score (nSPS) is 17.7. The summed E-state index contributed by atoms with van der Waals surface area (Å²) in [5, 5.41) is 29.1. The fourth-order valence-corrected chi connectivity index (χ4v) is 2.34. The van der Waals surface area contributed by atoms with Crippen LogP contribution in [-0.4, -0.2) is 87.7 Å². The van der Waals surface area contributed by atoms with Gasteiger partial charge >= 0.3 is 11.9 Å². The Labute approximate surface area is 156 Å². The van der Waals surface area contributed by atoms with Gasteiger partial charge in [-0.25, -0.2) is 14.7 Å². The van der Waals surface area contributed by atoms with E-state index in [4.69, 9.17) is 24.5 Å². The number of hydrazone groups is 1. The van der Waals surface area contributed by atoms with Crippen LogP contribution in [0.4, 0.5) is 10.7 Å². The minimum Gasteiger partial charge on any atom is -0.400 e. The predicted molar refractivity (Wildman–Crippen MR) is 87.9 cm³/mol. The van der Waals surface area contributed by atoms with Gasteiger partial charge in [0, 0.05) is 13.1 Å². The molecule has 2 aliphatic rings. The molecule has 28 heavy (non-hydrogen) atoms. The third-order valence-electron chi connectivity index (χ3n) is 3.60. The monoisotopic (exact) mass is 400 g/mol. The molecule has 15 heteroatoms.